The van der Waals surface area contributed by atoms with E-state index in [0.717, 1.165) is 42.5 Å². The van der Waals surface area contributed by atoms with Crippen molar-refractivity contribution in [3.63, 3.8) is 0 Å². The van der Waals surface area contributed by atoms with Crippen LogP contribution in [0.1, 0.15) is 50.4 Å². The monoisotopic (exact) mass is 407 g/mol. The Hall–Kier alpha value is -3.19. The Bertz CT molecular complexity index is 1050. The number of fused-ring (bicyclic) bond motifs is 1. The summed E-state index contributed by atoms with van der Waals surface area (Å²) in [4.78, 5) is 31.2. The number of carbonyl (C=O) groups excluding carboxylic acids is 2. The van der Waals surface area contributed by atoms with Crippen molar-refractivity contribution in [3.8, 4) is 5.75 Å². The molecule has 0 fully saturated rings. The zero-order valence-corrected chi connectivity index (χ0v) is 16.6. The van der Waals surface area contributed by atoms with Crippen LogP contribution in [0.5, 0.6) is 5.75 Å². The van der Waals surface area contributed by atoms with Crippen molar-refractivity contribution in [2.75, 3.05) is 10.6 Å². The van der Waals surface area contributed by atoms with Gasteiger partial charge in [0.25, 0.3) is 11.8 Å². The molecule has 7 heteroatoms. The summed E-state index contributed by atoms with van der Waals surface area (Å²) < 4.78 is 0. The molecule has 1 aliphatic rings. The van der Waals surface area contributed by atoms with E-state index < -0.39 is 0 Å². The average Bonchev–Trinajstić information content (AvgIpc) is 2.89. The molecular formula is C22H21N3O3S. The van der Waals surface area contributed by atoms with Crippen LogP contribution in [-0.4, -0.2) is 21.9 Å². The molecule has 0 saturated heterocycles. The van der Waals surface area contributed by atoms with Crippen molar-refractivity contribution < 1.29 is 14.7 Å². The maximum absolute atomic E-state index is 13.1. The summed E-state index contributed by atoms with van der Waals surface area (Å²) in [5.41, 5.74) is 1.88. The van der Waals surface area contributed by atoms with E-state index in [1.807, 2.05) is 0 Å². The van der Waals surface area contributed by atoms with Gasteiger partial charge in [-0.05, 0) is 61.6 Å². The smallest absolute Gasteiger partial charge is 0.260 e. The molecule has 1 aliphatic carbocycles. The Kier molecular flexibility index (Phi) is 5.57. The van der Waals surface area contributed by atoms with Gasteiger partial charge in [-0.2, -0.15) is 0 Å². The van der Waals surface area contributed by atoms with Crippen LogP contribution in [0.25, 0.3) is 0 Å². The summed E-state index contributed by atoms with van der Waals surface area (Å²) in [7, 11) is 0. The van der Waals surface area contributed by atoms with E-state index in [1.54, 1.807) is 36.5 Å². The van der Waals surface area contributed by atoms with Crippen LogP contribution in [0.3, 0.4) is 0 Å². The number of hydrogen-bond donors (Lipinski definition) is 3. The number of aryl methyl sites for hydroxylation is 1. The zero-order valence-electron chi connectivity index (χ0n) is 15.8. The quantitative estimate of drug-likeness (QED) is 0.550. The predicted octanol–water partition coefficient (Wildman–Crippen LogP) is 4.62. The first-order valence-electron chi connectivity index (χ1n) is 9.59. The number of benzene rings is 1. The van der Waals surface area contributed by atoms with Crippen molar-refractivity contribution >= 4 is 34.0 Å². The second kappa shape index (κ2) is 8.45. The molecule has 3 N–H and O–H groups in total. The van der Waals surface area contributed by atoms with Gasteiger partial charge in [-0.25, -0.2) is 4.98 Å². The third-order valence-electron chi connectivity index (χ3n) is 4.89. The van der Waals surface area contributed by atoms with Crippen LogP contribution >= 0.6 is 11.3 Å². The van der Waals surface area contributed by atoms with E-state index in [0.29, 0.717) is 21.9 Å². The number of aromatic hydroxyl groups is 1. The average molecular weight is 407 g/mol. The van der Waals surface area contributed by atoms with Gasteiger partial charge in [0.05, 0.1) is 5.56 Å². The summed E-state index contributed by atoms with van der Waals surface area (Å²) >= 11 is 1.47. The fourth-order valence-electron chi connectivity index (χ4n) is 3.51. The molecule has 0 radical (unpaired) electrons. The maximum Gasteiger partial charge on any atom is 0.260 e. The second-order valence-electron chi connectivity index (χ2n) is 6.94. The number of carbonyl (C=O) groups is 2. The highest BCUT2D eigenvalue weighted by Crippen LogP contribution is 2.38. The maximum atomic E-state index is 13.1. The molecule has 0 aliphatic heterocycles. The second-order valence-corrected chi connectivity index (χ2v) is 8.05. The van der Waals surface area contributed by atoms with Gasteiger partial charge in [-0.1, -0.05) is 18.6 Å². The lowest BCUT2D eigenvalue weighted by molar-refractivity contribution is 0.102. The largest absolute Gasteiger partial charge is 0.508 e. The Morgan fingerprint density at radius 2 is 1.83 bits per heavy atom. The zero-order chi connectivity index (χ0) is 20.2. The highest BCUT2D eigenvalue weighted by atomic mass is 32.1. The molecule has 2 amide bonds. The highest BCUT2D eigenvalue weighted by molar-refractivity contribution is 7.17. The molecule has 0 atom stereocenters. The van der Waals surface area contributed by atoms with Crippen molar-refractivity contribution in [3.05, 3.63) is 70.2 Å². The number of hydrogen-bond acceptors (Lipinski definition) is 5. The number of thiophene rings is 1. The number of nitrogens with zero attached hydrogens (tertiary/aromatic N) is 1. The fraction of sp³-hybridized carbons (Fsp3) is 0.227. The van der Waals surface area contributed by atoms with Crippen LogP contribution in [0.15, 0.2) is 48.7 Å². The Balaban J connectivity index is 1.67. The van der Waals surface area contributed by atoms with Gasteiger partial charge in [-0.3, -0.25) is 9.59 Å². The number of rotatable bonds is 4. The molecule has 4 rings (SSSR count). The number of pyridine rings is 1. The third kappa shape index (κ3) is 4.30. The topological polar surface area (TPSA) is 91.3 Å². The van der Waals surface area contributed by atoms with E-state index >= 15 is 0 Å². The Labute approximate surface area is 172 Å². The van der Waals surface area contributed by atoms with E-state index in [-0.39, 0.29) is 17.6 Å². The molecule has 148 valence electrons. The standard InChI is InChI=1S/C22H21N3O3S/c26-15-8-6-7-14(13-15)20(27)25-22-19(16-9-2-1-3-10-17(16)29-22)21(28)24-18-11-4-5-12-23-18/h4-8,11-13,26H,1-3,9-10H2,(H,25,27)(H,23,24,28). The third-order valence-corrected chi connectivity index (χ3v) is 6.10. The molecule has 3 aromatic rings. The molecule has 1 aromatic carbocycles. The fourth-order valence-corrected chi connectivity index (χ4v) is 4.79. The van der Waals surface area contributed by atoms with Crippen molar-refractivity contribution in [2.24, 2.45) is 0 Å². The Morgan fingerprint density at radius 1 is 0.966 bits per heavy atom. The first-order valence-corrected chi connectivity index (χ1v) is 10.4. The molecule has 0 spiro atoms. The number of amides is 2. The molecular weight excluding hydrogens is 386 g/mol. The highest BCUT2D eigenvalue weighted by Gasteiger charge is 2.26. The molecule has 2 aromatic heterocycles. The summed E-state index contributed by atoms with van der Waals surface area (Å²) in [6.07, 6.45) is 6.58. The van der Waals surface area contributed by atoms with Crippen molar-refractivity contribution in [1.29, 1.82) is 0 Å². The summed E-state index contributed by atoms with van der Waals surface area (Å²) in [5, 5.41) is 15.9. The summed E-state index contributed by atoms with van der Waals surface area (Å²) in [5.74, 6) is -0.137. The lowest BCUT2D eigenvalue weighted by Gasteiger charge is -2.10. The van der Waals surface area contributed by atoms with Crippen LogP contribution in [0, 0.1) is 0 Å². The van der Waals surface area contributed by atoms with Gasteiger partial charge in [0.15, 0.2) is 0 Å². The van der Waals surface area contributed by atoms with E-state index in [2.05, 4.69) is 15.6 Å². The molecule has 0 saturated carbocycles. The molecule has 2 heterocycles. The first kappa shape index (κ1) is 19.1. The number of aromatic nitrogens is 1. The van der Waals surface area contributed by atoms with Crippen LogP contribution in [0.4, 0.5) is 10.8 Å². The number of phenols is 1. The number of nitrogens with one attached hydrogen (secondary N) is 2. The van der Waals surface area contributed by atoms with Gasteiger partial charge in [0, 0.05) is 16.6 Å². The number of anilines is 2. The molecule has 0 unspecified atom stereocenters. The lowest BCUT2D eigenvalue weighted by Crippen LogP contribution is -2.18. The lowest BCUT2D eigenvalue weighted by atomic mass is 10.0. The first-order chi connectivity index (χ1) is 14.1. The Morgan fingerprint density at radius 3 is 2.62 bits per heavy atom. The molecule has 0 bridgehead atoms. The number of phenolic OH excluding ortho intramolecular Hbond substituents is 1. The van der Waals surface area contributed by atoms with E-state index in [9.17, 15) is 14.7 Å². The van der Waals surface area contributed by atoms with Gasteiger partial charge in [0.1, 0.15) is 16.6 Å². The normalized spacial score (nSPS) is 13.2. The minimum absolute atomic E-state index is 0.0210. The predicted molar refractivity (Wildman–Crippen MR) is 114 cm³/mol. The van der Waals surface area contributed by atoms with Crippen molar-refractivity contribution in [1.82, 2.24) is 4.98 Å². The summed E-state index contributed by atoms with van der Waals surface area (Å²) in [6, 6.07) is 11.5. The van der Waals surface area contributed by atoms with Gasteiger partial charge >= 0.3 is 0 Å². The van der Waals surface area contributed by atoms with Crippen molar-refractivity contribution in [2.45, 2.75) is 32.1 Å². The minimum atomic E-state index is -0.357. The van der Waals surface area contributed by atoms with E-state index in [4.69, 9.17) is 0 Å². The molecule has 6 nitrogen and oxygen atoms in total. The molecule has 29 heavy (non-hydrogen) atoms. The van der Waals surface area contributed by atoms with Gasteiger partial charge < -0.3 is 15.7 Å². The minimum Gasteiger partial charge on any atom is -0.508 e. The van der Waals surface area contributed by atoms with E-state index in [1.165, 1.54) is 23.5 Å². The van der Waals surface area contributed by atoms with Gasteiger partial charge in [-0.15, -0.1) is 11.3 Å². The SMILES string of the molecule is O=C(Nc1sc2c(c1C(=O)Nc1ccccn1)CCCCC2)c1cccc(O)c1. The van der Waals surface area contributed by atoms with Crippen LogP contribution in [-0.2, 0) is 12.8 Å². The van der Waals surface area contributed by atoms with Gasteiger partial charge in [0.2, 0.25) is 0 Å². The van der Waals surface area contributed by atoms with Crippen LogP contribution in [0.2, 0.25) is 0 Å². The summed E-state index contributed by atoms with van der Waals surface area (Å²) in [6.45, 7) is 0. The van der Waals surface area contributed by atoms with Crippen LogP contribution < -0.4 is 10.6 Å².